The van der Waals surface area contributed by atoms with Crippen LogP contribution >= 0.6 is 0 Å². The standard InChI is InChI=1S/C14H27N3/c1-3-5-7-9-11-14-13-15-16-17(14)12-10-8-6-4-2/h13H,3-12H2,1-2H3. The summed E-state index contributed by atoms with van der Waals surface area (Å²) in [5, 5.41) is 8.21. The third-order valence-corrected chi connectivity index (χ3v) is 3.21. The maximum Gasteiger partial charge on any atom is 0.0725 e. The molecule has 3 heteroatoms. The van der Waals surface area contributed by atoms with Gasteiger partial charge in [0, 0.05) is 6.54 Å². The van der Waals surface area contributed by atoms with Crippen LogP contribution in [0, 0.1) is 0 Å². The minimum atomic E-state index is 1.04. The fourth-order valence-corrected chi connectivity index (χ4v) is 2.08. The zero-order chi connectivity index (χ0) is 12.3. The molecule has 0 amide bonds. The largest absolute Gasteiger partial charge is 0.249 e. The molecule has 0 bridgehead atoms. The molecule has 1 aromatic heterocycles. The van der Waals surface area contributed by atoms with Crippen molar-refractivity contribution in [1.29, 1.82) is 0 Å². The Morgan fingerprint density at radius 2 is 1.65 bits per heavy atom. The van der Waals surface area contributed by atoms with Crippen LogP contribution in [0.2, 0.25) is 0 Å². The molecule has 0 fully saturated rings. The number of unbranched alkanes of at least 4 members (excludes halogenated alkanes) is 6. The number of aryl methyl sites for hydroxylation is 2. The Hall–Kier alpha value is -0.860. The van der Waals surface area contributed by atoms with Crippen LogP contribution in [0.15, 0.2) is 6.20 Å². The zero-order valence-corrected chi connectivity index (χ0v) is 11.5. The Morgan fingerprint density at radius 1 is 0.941 bits per heavy atom. The van der Waals surface area contributed by atoms with Crippen molar-refractivity contribution in [1.82, 2.24) is 15.0 Å². The van der Waals surface area contributed by atoms with Crippen LogP contribution in [0.3, 0.4) is 0 Å². The summed E-state index contributed by atoms with van der Waals surface area (Å²) in [5.41, 5.74) is 1.32. The van der Waals surface area contributed by atoms with E-state index < -0.39 is 0 Å². The van der Waals surface area contributed by atoms with E-state index in [4.69, 9.17) is 0 Å². The lowest BCUT2D eigenvalue weighted by atomic mass is 10.1. The van der Waals surface area contributed by atoms with Crippen LogP contribution in [0.4, 0.5) is 0 Å². The number of rotatable bonds is 10. The first kappa shape index (κ1) is 14.2. The summed E-state index contributed by atoms with van der Waals surface area (Å²) in [6.07, 6.45) is 13.5. The van der Waals surface area contributed by atoms with Gasteiger partial charge in [-0.3, -0.25) is 0 Å². The molecule has 0 aliphatic rings. The molecule has 1 heterocycles. The quantitative estimate of drug-likeness (QED) is 0.576. The van der Waals surface area contributed by atoms with E-state index in [1.165, 1.54) is 57.1 Å². The minimum Gasteiger partial charge on any atom is -0.249 e. The molecule has 3 nitrogen and oxygen atoms in total. The summed E-state index contributed by atoms with van der Waals surface area (Å²) in [7, 11) is 0. The highest BCUT2D eigenvalue weighted by molar-refractivity contribution is 4.93. The van der Waals surface area contributed by atoms with Crippen LogP contribution < -0.4 is 0 Å². The Bertz CT molecular complexity index is 254. The topological polar surface area (TPSA) is 30.7 Å². The van der Waals surface area contributed by atoms with E-state index in [9.17, 15) is 0 Å². The molecule has 0 aromatic carbocycles. The first-order valence-corrected chi connectivity index (χ1v) is 7.25. The van der Waals surface area contributed by atoms with Crippen molar-refractivity contribution in [2.75, 3.05) is 0 Å². The Kier molecular flexibility index (Phi) is 7.69. The molecule has 17 heavy (non-hydrogen) atoms. The molecule has 98 valence electrons. The van der Waals surface area contributed by atoms with Crippen LogP contribution in [-0.4, -0.2) is 15.0 Å². The second kappa shape index (κ2) is 9.20. The molecular weight excluding hydrogens is 210 g/mol. The third-order valence-electron chi connectivity index (χ3n) is 3.21. The highest BCUT2D eigenvalue weighted by Crippen LogP contribution is 2.08. The predicted octanol–water partition coefficient (Wildman–Crippen LogP) is 3.98. The first-order chi connectivity index (χ1) is 8.38. The van der Waals surface area contributed by atoms with Crippen molar-refractivity contribution in [2.45, 2.75) is 78.2 Å². The van der Waals surface area contributed by atoms with Gasteiger partial charge in [-0.05, 0) is 19.3 Å². The minimum absolute atomic E-state index is 1.04. The van der Waals surface area contributed by atoms with Gasteiger partial charge in [0.1, 0.15) is 0 Å². The molecule has 0 aliphatic heterocycles. The molecule has 1 aromatic rings. The van der Waals surface area contributed by atoms with E-state index in [1.807, 2.05) is 6.20 Å². The third kappa shape index (κ3) is 5.85. The van der Waals surface area contributed by atoms with Gasteiger partial charge in [0.05, 0.1) is 11.9 Å². The smallest absolute Gasteiger partial charge is 0.0725 e. The molecule has 0 saturated carbocycles. The Labute approximate surface area is 106 Å². The molecule has 0 N–H and O–H groups in total. The van der Waals surface area contributed by atoms with E-state index in [0.29, 0.717) is 0 Å². The van der Waals surface area contributed by atoms with E-state index in [1.54, 1.807) is 0 Å². The summed E-state index contributed by atoms with van der Waals surface area (Å²) in [6, 6.07) is 0. The maximum atomic E-state index is 4.18. The molecule has 0 radical (unpaired) electrons. The number of hydrogen-bond donors (Lipinski definition) is 0. The fraction of sp³-hybridized carbons (Fsp3) is 0.857. The average Bonchev–Trinajstić information content (AvgIpc) is 2.78. The molecule has 0 aliphatic carbocycles. The van der Waals surface area contributed by atoms with Crippen molar-refractivity contribution < 1.29 is 0 Å². The highest BCUT2D eigenvalue weighted by Gasteiger charge is 2.03. The second-order valence-corrected chi connectivity index (χ2v) is 4.82. The van der Waals surface area contributed by atoms with Gasteiger partial charge in [0.25, 0.3) is 0 Å². The summed E-state index contributed by atoms with van der Waals surface area (Å²) < 4.78 is 2.10. The zero-order valence-electron chi connectivity index (χ0n) is 11.5. The fourth-order valence-electron chi connectivity index (χ4n) is 2.08. The van der Waals surface area contributed by atoms with Gasteiger partial charge >= 0.3 is 0 Å². The average molecular weight is 237 g/mol. The highest BCUT2D eigenvalue weighted by atomic mass is 15.4. The van der Waals surface area contributed by atoms with Gasteiger partial charge < -0.3 is 0 Å². The molecule has 0 spiro atoms. The van der Waals surface area contributed by atoms with Crippen molar-refractivity contribution in [3.05, 3.63) is 11.9 Å². The van der Waals surface area contributed by atoms with Gasteiger partial charge in [-0.25, -0.2) is 4.68 Å². The van der Waals surface area contributed by atoms with Crippen molar-refractivity contribution in [3.8, 4) is 0 Å². The number of hydrogen-bond acceptors (Lipinski definition) is 2. The monoisotopic (exact) mass is 237 g/mol. The second-order valence-electron chi connectivity index (χ2n) is 4.82. The van der Waals surface area contributed by atoms with Crippen LogP contribution in [0.1, 0.15) is 70.9 Å². The first-order valence-electron chi connectivity index (χ1n) is 7.25. The number of aromatic nitrogens is 3. The van der Waals surface area contributed by atoms with Gasteiger partial charge in [-0.2, -0.15) is 0 Å². The molecular formula is C14H27N3. The van der Waals surface area contributed by atoms with E-state index in [0.717, 1.165) is 13.0 Å². The summed E-state index contributed by atoms with van der Waals surface area (Å²) in [5.74, 6) is 0. The lowest BCUT2D eigenvalue weighted by Crippen LogP contribution is -2.05. The normalized spacial score (nSPS) is 10.9. The SMILES string of the molecule is CCCCCCc1cnnn1CCCCCC. The predicted molar refractivity (Wildman–Crippen MR) is 72.0 cm³/mol. The van der Waals surface area contributed by atoms with Gasteiger partial charge in [0.2, 0.25) is 0 Å². The van der Waals surface area contributed by atoms with Crippen LogP contribution in [-0.2, 0) is 13.0 Å². The summed E-state index contributed by atoms with van der Waals surface area (Å²) in [4.78, 5) is 0. The van der Waals surface area contributed by atoms with Crippen LogP contribution in [0.25, 0.3) is 0 Å². The van der Waals surface area contributed by atoms with Gasteiger partial charge in [-0.15, -0.1) is 5.10 Å². The van der Waals surface area contributed by atoms with E-state index in [-0.39, 0.29) is 0 Å². The Balaban J connectivity index is 2.22. The van der Waals surface area contributed by atoms with Gasteiger partial charge in [-0.1, -0.05) is 57.6 Å². The Morgan fingerprint density at radius 3 is 2.35 bits per heavy atom. The van der Waals surface area contributed by atoms with Crippen molar-refractivity contribution in [2.24, 2.45) is 0 Å². The van der Waals surface area contributed by atoms with E-state index in [2.05, 4.69) is 28.8 Å². The molecule has 1 rings (SSSR count). The molecule has 0 saturated heterocycles. The number of nitrogens with zero attached hydrogens (tertiary/aromatic N) is 3. The van der Waals surface area contributed by atoms with E-state index >= 15 is 0 Å². The molecule has 0 unspecified atom stereocenters. The van der Waals surface area contributed by atoms with Crippen LogP contribution in [0.5, 0.6) is 0 Å². The van der Waals surface area contributed by atoms with Crippen molar-refractivity contribution in [3.63, 3.8) is 0 Å². The summed E-state index contributed by atoms with van der Waals surface area (Å²) >= 11 is 0. The van der Waals surface area contributed by atoms with Crippen molar-refractivity contribution >= 4 is 0 Å². The van der Waals surface area contributed by atoms with Gasteiger partial charge in [0.15, 0.2) is 0 Å². The maximum absolute atomic E-state index is 4.18. The summed E-state index contributed by atoms with van der Waals surface area (Å²) in [6.45, 7) is 5.54. The lowest BCUT2D eigenvalue weighted by molar-refractivity contribution is 0.506. The molecule has 0 atom stereocenters. The lowest BCUT2D eigenvalue weighted by Gasteiger charge is -2.05.